The fraction of sp³-hybridized carbons (Fsp3) is 0.304. The number of rotatable bonds is 2. The number of H-pyrrole nitrogens is 1. The largest absolute Gasteiger partial charge is 0.508 e. The molecule has 5 rings (SSSR count). The van der Waals surface area contributed by atoms with Gasteiger partial charge in [0.15, 0.2) is 0 Å². The summed E-state index contributed by atoms with van der Waals surface area (Å²) in [7, 11) is 0. The van der Waals surface area contributed by atoms with E-state index in [-0.39, 0.29) is 30.2 Å². The van der Waals surface area contributed by atoms with Gasteiger partial charge in [-0.2, -0.15) is 0 Å². The number of aromatic nitrogens is 1. The first-order chi connectivity index (χ1) is 14.0. The minimum absolute atomic E-state index is 0.0332. The maximum absolute atomic E-state index is 13.5. The zero-order valence-corrected chi connectivity index (χ0v) is 16.5. The number of fused-ring (bicyclic) bond motifs is 4. The monoisotopic (exact) mass is 389 g/mol. The van der Waals surface area contributed by atoms with E-state index < -0.39 is 6.04 Å². The Morgan fingerprint density at radius 3 is 2.62 bits per heavy atom. The summed E-state index contributed by atoms with van der Waals surface area (Å²) in [4.78, 5) is 33.4. The number of benzene rings is 2. The number of carbonyl (C=O) groups is 2. The summed E-state index contributed by atoms with van der Waals surface area (Å²) in [6, 6.07) is 12.2. The van der Waals surface area contributed by atoms with Gasteiger partial charge in [0.25, 0.3) is 5.91 Å². The third-order valence-electron chi connectivity index (χ3n) is 6.19. The number of aromatic hydroxyl groups is 1. The Kier molecular flexibility index (Phi) is 3.91. The SMILES string of the molecule is CCC1c2[nH]c3ccc(O)cc3c2CC2C(=O)N(c3ccc(C)cc3)CC(=O)N21. The van der Waals surface area contributed by atoms with Gasteiger partial charge in [0, 0.05) is 28.7 Å². The lowest BCUT2D eigenvalue weighted by Gasteiger charge is -2.46. The Morgan fingerprint density at radius 1 is 1.14 bits per heavy atom. The molecule has 1 saturated heterocycles. The summed E-state index contributed by atoms with van der Waals surface area (Å²) in [5, 5.41) is 10.9. The fourth-order valence-electron chi connectivity index (χ4n) is 4.78. The molecule has 148 valence electrons. The van der Waals surface area contributed by atoms with Gasteiger partial charge >= 0.3 is 0 Å². The predicted molar refractivity (Wildman–Crippen MR) is 111 cm³/mol. The van der Waals surface area contributed by atoms with Crippen molar-refractivity contribution in [3.05, 3.63) is 59.3 Å². The van der Waals surface area contributed by atoms with Gasteiger partial charge in [-0.25, -0.2) is 0 Å². The zero-order valence-electron chi connectivity index (χ0n) is 16.5. The molecule has 2 aliphatic heterocycles. The molecule has 0 radical (unpaired) electrons. The van der Waals surface area contributed by atoms with Gasteiger partial charge in [0.1, 0.15) is 18.3 Å². The number of phenols is 1. The molecule has 3 aromatic rings. The summed E-state index contributed by atoms with van der Waals surface area (Å²) in [6.45, 7) is 4.09. The number of aromatic amines is 1. The molecule has 1 aromatic heterocycles. The number of aryl methyl sites for hydroxylation is 1. The molecular formula is C23H23N3O3. The smallest absolute Gasteiger partial charge is 0.250 e. The van der Waals surface area contributed by atoms with Gasteiger partial charge in [0.2, 0.25) is 5.91 Å². The van der Waals surface area contributed by atoms with Crippen LogP contribution >= 0.6 is 0 Å². The van der Waals surface area contributed by atoms with E-state index in [1.165, 1.54) is 0 Å². The van der Waals surface area contributed by atoms with Crippen LogP contribution in [-0.4, -0.2) is 39.4 Å². The number of phenolic OH excluding ortho intramolecular Hbond substituents is 1. The third kappa shape index (κ3) is 2.63. The van der Waals surface area contributed by atoms with E-state index in [1.54, 1.807) is 21.9 Å². The predicted octanol–water partition coefficient (Wildman–Crippen LogP) is 3.43. The van der Waals surface area contributed by atoms with Crippen LogP contribution in [0.2, 0.25) is 0 Å². The first kappa shape index (κ1) is 17.8. The van der Waals surface area contributed by atoms with Gasteiger partial charge in [-0.05, 0) is 49.2 Å². The third-order valence-corrected chi connectivity index (χ3v) is 6.19. The Labute approximate surface area is 168 Å². The number of piperazine rings is 1. The number of carbonyl (C=O) groups excluding carboxylic acids is 2. The Hall–Kier alpha value is -3.28. The Balaban J connectivity index is 1.61. The summed E-state index contributed by atoms with van der Waals surface area (Å²) in [6.07, 6.45) is 1.16. The standard InChI is InChI=1S/C23H23N3O3/c1-3-19-22-17(16-10-15(27)8-9-18(16)24-22)11-20-23(29)25(12-21(28)26(19)20)14-6-4-13(2)5-7-14/h4-10,19-20,24,27H,3,11-12H2,1-2H3. The second-order valence-electron chi connectivity index (χ2n) is 7.95. The molecule has 3 heterocycles. The number of hydrogen-bond donors (Lipinski definition) is 2. The first-order valence-electron chi connectivity index (χ1n) is 10.0. The van der Waals surface area contributed by atoms with E-state index in [9.17, 15) is 14.7 Å². The molecule has 0 bridgehead atoms. The second-order valence-corrected chi connectivity index (χ2v) is 7.95. The van der Waals surface area contributed by atoms with E-state index in [0.29, 0.717) is 12.8 Å². The number of hydrogen-bond acceptors (Lipinski definition) is 3. The molecule has 6 nitrogen and oxygen atoms in total. The topological polar surface area (TPSA) is 76.6 Å². The van der Waals surface area contributed by atoms with Gasteiger partial charge < -0.3 is 19.9 Å². The summed E-state index contributed by atoms with van der Waals surface area (Å²) < 4.78 is 0. The van der Waals surface area contributed by atoms with Crippen LogP contribution in [0.5, 0.6) is 5.75 Å². The van der Waals surface area contributed by atoms with E-state index in [2.05, 4.69) is 4.98 Å². The van der Waals surface area contributed by atoms with Gasteiger partial charge in [-0.1, -0.05) is 24.6 Å². The number of anilines is 1. The normalized spacial score (nSPS) is 21.4. The highest BCUT2D eigenvalue weighted by molar-refractivity contribution is 6.07. The Bertz CT molecular complexity index is 1130. The van der Waals surface area contributed by atoms with Crippen molar-refractivity contribution in [2.24, 2.45) is 0 Å². The lowest BCUT2D eigenvalue weighted by atomic mass is 9.88. The summed E-state index contributed by atoms with van der Waals surface area (Å²) >= 11 is 0. The van der Waals surface area contributed by atoms with E-state index in [0.717, 1.165) is 33.4 Å². The lowest BCUT2D eigenvalue weighted by molar-refractivity contribution is -0.147. The number of nitrogens with zero attached hydrogens (tertiary/aromatic N) is 2. The van der Waals surface area contributed by atoms with Crippen LogP contribution in [0, 0.1) is 6.92 Å². The molecule has 2 amide bonds. The van der Waals surface area contributed by atoms with Crippen LogP contribution in [0.4, 0.5) is 5.69 Å². The lowest BCUT2D eigenvalue weighted by Crippen LogP contribution is -2.63. The fourth-order valence-corrected chi connectivity index (χ4v) is 4.78. The maximum atomic E-state index is 13.5. The van der Waals surface area contributed by atoms with Crippen molar-refractivity contribution in [3.63, 3.8) is 0 Å². The minimum Gasteiger partial charge on any atom is -0.508 e. The van der Waals surface area contributed by atoms with Gasteiger partial charge in [0.05, 0.1) is 6.04 Å². The van der Waals surface area contributed by atoms with Crippen molar-refractivity contribution >= 4 is 28.4 Å². The van der Waals surface area contributed by atoms with Crippen LogP contribution in [-0.2, 0) is 16.0 Å². The van der Waals surface area contributed by atoms with Crippen LogP contribution in [0.25, 0.3) is 10.9 Å². The molecule has 0 saturated carbocycles. The molecule has 6 heteroatoms. The van der Waals surface area contributed by atoms with Crippen molar-refractivity contribution in [2.75, 3.05) is 11.4 Å². The minimum atomic E-state index is -0.531. The van der Waals surface area contributed by atoms with Gasteiger partial charge in [-0.3, -0.25) is 9.59 Å². The summed E-state index contributed by atoms with van der Waals surface area (Å²) in [5.74, 6) is 0.114. The average molecular weight is 389 g/mol. The highest BCUT2D eigenvalue weighted by Gasteiger charge is 2.47. The molecule has 29 heavy (non-hydrogen) atoms. The molecule has 2 atom stereocenters. The number of nitrogens with one attached hydrogen (secondary N) is 1. The second kappa shape index (κ2) is 6.37. The van der Waals surface area contributed by atoms with E-state index >= 15 is 0 Å². The molecule has 2 unspecified atom stereocenters. The van der Waals surface area contributed by atoms with Gasteiger partial charge in [-0.15, -0.1) is 0 Å². The van der Waals surface area contributed by atoms with E-state index in [1.807, 2.05) is 44.2 Å². The molecular weight excluding hydrogens is 366 g/mol. The quantitative estimate of drug-likeness (QED) is 0.705. The van der Waals surface area contributed by atoms with Crippen molar-refractivity contribution in [1.82, 2.24) is 9.88 Å². The summed E-state index contributed by atoms with van der Waals surface area (Å²) in [5.41, 5.74) is 4.79. The first-order valence-corrected chi connectivity index (χ1v) is 10.0. The highest BCUT2D eigenvalue weighted by atomic mass is 16.3. The van der Waals surface area contributed by atoms with Crippen molar-refractivity contribution in [2.45, 2.75) is 38.8 Å². The molecule has 2 aromatic carbocycles. The molecule has 2 aliphatic rings. The molecule has 0 spiro atoms. The van der Waals surface area contributed by atoms with E-state index in [4.69, 9.17) is 0 Å². The zero-order chi connectivity index (χ0) is 20.3. The van der Waals surface area contributed by atoms with Crippen molar-refractivity contribution in [1.29, 1.82) is 0 Å². The number of amides is 2. The van der Waals surface area contributed by atoms with Crippen LogP contribution < -0.4 is 4.90 Å². The van der Waals surface area contributed by atoms with Crippen LogP contribution in [0.1, 0.15) is 36.2 Å². The maximum Gasteiger partial charge on any atom is 0.250 e. The van der Waals surface area contributed by atoms with Crippen LogP contribution in [0.15, 0.2) is 42.5 Å². The molecule has 2 N–H and O–H groups in total. The average Bonchev–Trinajstić information content (AvgIpc) is 3.07. The van der Waals surface area contributed by atoms with Crippen molar-refractivity contribution in [3.8, 4) is 5.75 Å². The highest BCUT2D eigenvalue weighted by Crippen LogP contribution is 2.41. The molecule has 0 aliphatic carbocycles. The molecule has 1 fully saturated rings. The Morgan fingerprint density at radius 2 is 1.90 bits per heavy atom. The van der Waals surface area contributed by atoms with Crippen LogP contribution in [0.3, 0.4) is 0 Å². The van der Waals surface area contributed by atoms with Crippen molar-refractivity contribution < 1.29 is 14.7 Å².